The molecule has 1 amide bonds. The Labute approximate surface area is 175 Å². The van der Waals surface area contributed by atoms with Gasteiger partial charge in [0.05, 0.1) is 18.1 Å². The summed E-state index contributed by atoms with van der Waals surface area (Å²) in [6.45, 7) is -0.391. The Morgan fingerprint density at radius 3 is 2.63 bits per heavy atom. The lowest BCUT2D eigenvalue weighted by Crippen LogP contribution is -2.51. The number of rotatable bonds is 7. The average Bonchev–Trinajstić information content (AvgIpc) is 3.25. The zero-order valence-electron chi connectivity index (χ0n) is 17.0. The normalized spacial score (nSPS) is 15.2. The van der Waals surface area contributed by atoms with Crippen molar-refractivity contribution in [1.82, 2.24) is 4.90 Å². The summed E-state index contributed by atoms with van der Waals surface area (Å²) < 4.78 is 24.5. The monoisotopic (exact) mass is 412 g/mol. The fourth-order valence-electron chi connectivity index (χ4n) is 3.75. The van der Waals surface area contributed by atoms with E-state index in [0.717, 1.165) is 19.3 Å². The Bertz CT molecular complexity index is 941. The van der Waals surface area contributed by atoms with E-state index in [9.17, 15) is 19.2 Å². The minimum Gasteiger partial charge on any atom is -0.461 e. The molecule has 1 saturated carbocycles. The van der Waals surface area contributed by atoms with E-state index in [1.54, 1.807) is 37.4 Å². The lowest BCUT2D eigenvalue weighted by molar-refractivity contribution is -0.153. The number of amides is 1. The highest BCUT2D eigenvalue weighted by Crippen LogP contribution is 2.32. The van der Waals surface area contributed by atoms with Crippen LogP contribution < -0.4 is 0 Å². The van der Waals surface area contributed by atoms with Crippen molar-refractivity contribution in [3.8, 4) is 17.4 Å². The van der Waals surface area contributed by atoms with Gasteiger partial charge in [0.2, 0.25) is 0 Å². The van der Waals surface area contributed by atoms with Gasteiger partial charge in [-0.05, 0) is 37.1 Å². The van der Waals surface area contributed by atoms with Crippen LogP contribution in [-0.2, 0) is 20.7 Å². The molecule has 0 bridgehead atoms. The number of nitriles is 1. The molecule has 0 atom stereocenters. The SMILES string of the molecule is CN(C(=O)COC(=O)CCc1ccc(-c2ccccc2F)o1)C1(C#N)CCCCC1. The molecule has 1 aromatic heterocycles. The molecule has 0 saturated heterocycles. The minimum atomic E-state index is -0.807. The topological polar surface area (TPSA) is 83.5 Å². The first-order valence-electron chi connectivity index (χ1n) is 10.1. The fourth-order valence-corrected chi connectivity index (χ4v) is 3.75. The van der Waals surface area contributed by atoms with Crippen LogP contribution in [0.15, 0.2) is 40.8 Å². The van der Waals surface area contributed by atoms with Gasteiger partial charge in [-0.15, -0.1) is 0 Å². The molecule has 0 N–H and O–H groups in total. The minimum absolute atomic E-state index is 0.0324. The van der Waals surface area contributed by atoms with Gasteiger partial charge < -0.3 is 14.1 Å². The van der Waals surface area contributed by atoms with Gasteiger partial charge in [-0.25, -0.2) is 4.39 Å². The zero-order valence-corrected chi connectivity index (χ0v) is 17.0. The molecular formula is C23H25FN2O4. The number of esters is 1. The molecule has 0 radical (unpaired) electrons. The number of carbonyl (C=O) groups is 2. The van der Waals surface area contributed by atoms with Gasteiger partial charge in [0, 0.05) is 13.5 Å². The molecule has 0 unspecified atom stereocenters. The average molecular weight is 412 g/mol. The van der Waals surface area contributed by atoms with Gasteiger partial charge in [-0.2, -0.15) is 5.26 Å². The number of halogens is 1. The van der Waals surface area contributed by atoms with E-state index in [4.69, 9.17) is 9.15 Å². The predicted octanol–water partition coefficient (Wildman–Crippen LogP) is 4.25. The predicted molar refractivity (Wildman–Crippen MR) is 108 cm³/mol. The Morgan fingerprint density at radius 1 is 1.20 bits per heavy atom. The van der Waals surface area contributed by atoms with Crippen molar-refractivity contribution in [2.75, 3.05) is 13.7 Å². The number of ether oxygens (including phenoxy) is 1. The van der Waals surface area contributed by atoms with Crippen molar-refractivity contribution in [1.29, 1.82) is 5.26 Å². The van der Waals surface area contributed by atoms with Crippen molar-refractivity contribution in [3.05, 3.63) is 48.0 Å². The van der Waals surface area contributed by atoms with Crippen LogP contribution in [0, 0.1) is 17.1 Å². The van der Waals surface area contributed by atoms with Gasteiger partial charge >= 0.3 is 5.97 Å². The number of benzene rings is 1. The van der Waals surface area contributed by atoms with E-state index in [2.05, 4.69) is 6.07 Å². The van der Waals surface area contributed by atoms with Crippen LogP contribution in [0.1, 0.15) is 44.3 Å². The Morgan fingerprint density at radius 2 is 1.93 bits per heavy atom. The van der Waals surface area contributed by atoms with E-state index < -0.39 is 18.1 Å². The smallest absolute Gasteiger partial charge is 0.306 e. The highest BCUT2D eigenvalue weighted by atomic mass is 19.1. The summed E-state index contributed by atoms with van der Waals surface area (Å²) in [4.78, 5) is 25.9. The van der Waals surface area contributed by atoms with Crippen molar-refractivity contribution < 1.29 is 23.1 Å². The van der Waals surface area contributed by atoms with Crippen molar-refractivity contribution in [2.24, 2.45) is 0 Å². The maximum atomic E-state index is 13.8. The number of nitrogens with zero attached hydrogens (tertiary/aromatic N) is 2. The first-order chi connectivity index (χ1) is 14.4. The summed E-state index contributed by atoms with van der Waals surface area (Å²) in [5, 5.41) is 9.56. The number of carbonyl (C=O) groups excluding carboxylic acids is 2. The van der Waals surface area contributed by atoms with E-state index >= 15 is 0 Å². The summed E-state index contributed by atoms with van der Waals surface area (Å²) in [5.74, 6) is -0.378. The molecule has 1 aliphatic carbocycles. The van der Waals surface area contributed by atoms with Crippen LogP contribution in [0.5, 0.6) is 0 Å². The molecule has 2 aromatic rings. The Balaban J connectivity index is 1.48. The van der Waals surface area contributed by atoms with Crippen LogP contribution in [0.25, 0.3) is 11.3 Å². The van der Waals surface area contributed by atoms with Crippen LogP contribution >= 0.6 is 0 Å². The molecule has 158 valence electrons. The third-order valence-electron chi connectivity index (χ3n) is 5.64. The van der Waals surface area contributed by atoms with Crippen LogP contribution in [0.4, 0.5) is 4.39 Å². The van der Waals surface area contributed by atoms with Crippen LogP contribution in [0.2, 0.25) is 0 Å². The Hall–Kier alpha value is -3.14. The van der Waals surface area contributed by atoms with Crippen molar-refractivity contribution in [2.45, 2.75) is 50.5 Å². The van der Waals surface area contributed by atoms with E-state index in [0.29, 0.717) is 29.9 Å². The van der Waals surface area contributed by atoms with E-state index in [1.165, 1.54) is 11.0 Å². The van der Waals surface area contributed by atoms with Gasteiger partial charge in [-0.1, -0.05) is 31.4 Å². The largest absolute Gasteiger partial charge is 0.461 e. The molecule has 0 aliphatic heterocycles. The van der Waals surface area contributed by atoms with Crippen molar-refractivity contribution >= 4 is 11.9 Å². The fraction of sp³-hybridized carbons (Fsp3) is 0.435. The second-order valence-electron chi connectivity index (χ2n) is 7.56. The zero-order chi connectivity index (χ0) is 21.6. The maximum Gasteiger partial charge on any atom is 0.306 e. The molecule has 1 heterocycles. The van der Waals surface area contributed by atoms with Crippen molar-refractivity contribution in [3.63, 3.8) is 0 Å². The third-order valence-corrected chi connectivity index (χ3v) is 5.64. The summed E-state index contributed by atoms with van der Waals surface area (Å²) in [6, 6.07) is 11.9. The summed E-state index contributed by atoms with van der Waals surface area (Å²) in [6.07, 6.45) is 4.47. The quantitative estimate of drug-likeness (QED) is 0.635. The molecule has 1 aromatic carbocycles. The summed E-state index contributed by atoms with van der Waals surface area (Å²) in [7, 11) is 1.60. The number of aryl methyl sites for hydroxylation is 1. The standard InChI is InChI=1S/C23H25FN2O4/c1-26(23(16-25)13-5-2-6-14-23)21(27)15-29-22(28)12-10-17-9-11-20(30-17)18-7-3-4-8-19(18)24/h3-4,7-9,11H,2,5-6,10,12-15H2,1H3. The molecule has 0 spiro atoms. The molecule has 6 nitrogen and oxygen atoms in total. The molecular weight excluding hydrogens is 387 g/mol. The molecule has 30 heavy (non-hydrogen) atoms. The molecule has 1 aliphatic rings. The van der Waals surface area contributed by atoms with Crippen LogP contribution in [0.3, 0.4) is 0 Å². The lowest BCUT2D eigenvalue weighted by Gasteiger charge is -2.38. The van der Waals surface area contributed by atoms with E-state index in [-0.39, 0.29) is 24.6 Å². The Kier molecular flexibility index (Phi) is 6.88. The number of hydrogen-bond acceptors (Lipinski definition) is 5. The number of furan rings is 1. The molecule has 1 fully saturated rings. The summed E-state index contributed by atoms with van der Waals surface area (Å²) in [5.41, 5.74) is -0.451. The molecule has 3 rings (SSSR count). The second-order valence-corrected chi connectivity index (χ2v) is 7.56. The highest BCUT2D eigenvalue weighted by Gasteiger charge is 2.38. The molecule has 7 heteroatoms. The number of hydrogen-bond donors (Lipinski definition) is 0. The van der Waals surface area contributed by atoms with E-state index in [1.807, 2.05) is 0 Å². The first-order valence-corrected chi connectivity index (χ1v) is 10.1. The lowest BCUT2D eigenvalue weighted by atomic mass is 9.81. The van der Waals surface area contributed by atoms with Crippen LogP contribution in [-0.4, -0.2) is 36.0 Å². The van der Waals surface area contributed by atoms with Gasteiger partial charge in [-0.3, -0.25) is 9.59 Å². The van der Waals surface area contributed by atoms with Gasteiger partial charge in [0.25, 0.3) is 5.91 Å². The number of likely N-dealkylation sites (N-methyl/N-ethyl adjacent to an activating group) is 1. The highest BCUT2D eigenvalue weighted by molar-refractivity contribution is 5.81. The third kappa shape index (κ3) is 4.88. The second kappa shape index (κ2) is 9.57. The maximum absolute atomic E-state index is 13.8. The summed E-state index contributed by atoms with van der Waals surface area (Å²) >= 11 is 0. The van der Waals surface area contributed by atoms with Gasteiger partial charge in [0.1, 0.15) is 22.9 Å². The van der Waals surface area contributed by atoms with Gasteiger partial charge in [0.15, 0.2) is 6.61 Å². The first kappa shape index (κ1) is 21.6.